The molecule has 0 aromatic heterocycles. The van der Waals surface area contributed by atoms with Crippen molar-refractivity contribution in [2.24, 2.45) is 0 Å². The van der Waals surface area contributed by atoms with Crippen molar-refractivity contribution in [3.05, 3.63) is 84.7 Å². The average molecular weight is 604 g/mol. The molecule has 2 aliphatic heterocycles. The first-order valence-corrected chi connectivity index (χ1v) is 10.5. The Bertz CT molecular complexity index is 1370. The Labute approximate surface area is 200 Å². The van der Waals surface area contributed by atoms with E-state index in [2.05, 4.69) is 72.0 Å². The van der Waals surface area contributed by atoms with Crippen molar-refractivity contribution in [3.8, 4) is 0 Å². The van der Waals surface area contributed by atoms with Crippen molar-refractivity contribution in [1.82, 2.24) is 4.58 Å². The van der Waals surface area contributed by atoms with Gasteiger partial charge in [-0.1, -0.05) is 71.4 Å². The van der Waals surface area contributed by atoms with Crippen LogP contribution in [0, 0.1) is 19.1 Å². The number of aryl methyl sites for hydroxylation is 1. The first-order chi connectivity index (χ1) is 14.6. The molecular weight excluding hydrogens is 583 g/mol. The van der Waals surface area contributed by atoms with Gasteiger partial charge in [0.15, 0.2) is 14.1 Å². The molecule has 2 heterocycles. The van der Waals surface area contributed by atoms with Crippen LogP contribution < -0.4 is 4.58 Å². The SMILES string of the molecule is Cc1cc(Sc2[c-]c([N+]3=C=[N+](C)C=C3)ccc2)[c-]c([N+]2=C=[N+](C)c3ccccc32)c1.[Pt+2]. The minimum atomic E-state index is 0. The Balaban J connectivity index is 0.00000231. The molecule has 6 heteroatoms. The predicted octanol–water partition coefficient (Wildman–Crippen LogP) is 4.99. The molecule has 3 aromatic carbocycles. The van der Waals surface area contributed by atoms with Gasteiger partial charge in [-0.05, 0) is 0 Å². The summed E-state index contributed by atoms with van der Waals surface area (Å²) in [5.74, 6) is 0. The van der Waals surface area contributed by atoms with E-state index >= 15 is 0 Å². The molecular formula is C25H20N4PtS+4. The Hall–Kier alpha value is -2.80. The maximum absolute atomic E-state index is 3.56. The zero-order valence-corrected chi connectivity index (χ0v) is 20.5. The van der Waals surface area contributed by atoms with E-state index in [9.17, 15) is 0 Å². The average Bonchev–Trinajstić information content (AvgIpc) is 3.32. The van der Waals surface area contributed by atoms with Gasteiger partial charge < -0.3 is 0 Å². The number of para-hydroxylation sites is 2. The molecule has 0 N–H and O–H groups in total. The fourth-order valence-corrected chi connectivity index (χ4v) is 4.45. The maximum atomic E-state index is 3.56. The molecule has 0 fully saturated rings. The van der Waals surface area contributed by atoms with Crippen LogP contribution in [-0.2, 0) is 21.1 Å². The van der Waals surface area contributed by atoms with Gasteiger partial charge in [0.2, 0.25) is 6.20 Å². The number of rotatable bonds is 4. The van der Waals surface area contributed by atoms with Gasteiger partial charge >= 0.3 is 33.1 Å². The van der Waals surface area contributed by atoms with E-state index in [4.69, 9.17) is 0 Å². The largest absolute Gasteiger partial charge is 2.00 e. The van der Waals surface area contributed by atoms with E-state index in [-0.39, 0.29) is 21.1 Å². The third kappa shape index (κ3) is 4.32. The first-order valence-electron chi connectivity index (χ1n) is 9.67. The van der Waals surface area contributed by atoms with Crippen LogP contribution in [0.4, 0.5) is 22.7 Å². The van der Waals surface area contributed by atoms with E-state index in [1.807, 2.05) is 58.4 Å². The zero-order chi connectivity index (χ0) is 20.7. The van der Waals surface area contributed by atoms with E-state index in [0.717, 1.165) is 32.5 Å². The summed E-state index contributed by atoms with van der Waals surface area (Å²) in [7, 11) is 3.98. The summed E-state index contributed by atoms with van der Waals surface area (Å²) in [4.78, 5) is 2.09. The van der Waals surface area contributed by atoms with Crippen molar-refractivity contribution < 1.29 is 34.8 Å². The first kappa shape index (κ1) is 21.4. The molecule has 152 valence electrons. The van der Waals surface area contributed by atoms with Crippen LogP contribution in [0.2, 0.25) is 0 Å². The van der Waals surface area contributed by atoms with Crippen molar-refractivity contribution in [2.75, 3.05) is 14.1 Å². The molecule has 4 nitrogen and oxygen atoms in total. The summed E-state index contributed by atoms with van der Waals surface area (Å²) >= 11 is 1.66. The summed E-state index contributed by atoms with van der Waals surface area (Å²) < 4.78 is 7.92. The third-order valence-corrected chi connectivity index (χ3v) is 5.78. The molecule has 0 saturated heterocycles. The second-order valence-electron chi connectivity index (χ2n) is 7.27. The van der Waals surface area contributed by atoms with Gasteiger partial charge in [-0.25, -0.2) is 0 Å². The van der Waals surface area contributed by atoms with E-state index in [1.165, 1.54) is 5.56 Å². The smallest absolute Gasteiger partial charge is 0.165 e. The molecule has 0 aliphatic carbocycles. The van der Waals surface area contributed by atoms with Gasteiger partial charge in [0.25, 0.3) is 17.6 Å². The summed E-state index contributed by atoms with van der Waals surface area (Å²) in [6.07, 6.45) is 3.94. The van der Waals surface area contributed by atoms with Crippen LogP contribution in [0.1, 0.15) is 5.56 Å². The van der Waals surface area contributed by atoms with E-state index in [0.29, 0.717) is 0 Å². The van der Waals surface area contributed by atoms with Gasteiger partial charge in [0.05, 0.1) is 0 Å². The molecule has 0 bridgehead atoms. The molecule has 3 aromatic rings. The predicted molar refractivity (Wildman–Crippen MR) is 118 cm³/mol. The zero-order valence-electron chi connectivity index (χ0n) is 17.4. The molecule has 0 amide bonds. The van der Waals surface area contributed by atoms with Crippen LogP contribution in [0.3, 0.4) is 0 Å². The van der Waals surface area contributed by atoms with Gasteiger partial charge in [-0.2, -0.15) is 23.8 Å². The van der Waals surface area contributed by atoms with Gasteiger partial charge in [-0.15, -0.1) is 11.8 Å². The number of hydrogen-bond acceptors (Lipinski definition) is 1. The molecule has 0 radical (unpaired) electrons. The number of nitrogens with zero attached hydrogens (tertiary/aromatic N) is 4. The van der Waals surface area contributed by atoms with Gasteiger partial charge in [0, 0.05) is 12.1 Å². The third-order valence-electron chi connectivity index (χ3n) is 4.89. The summed E-state index contributed by atoms with van der Waals surface area (Å²) in [6, 6.07) is 32.4. The Kier molecular flexibility index (Phi) is 6.05. The van der Waals surface area contributed by atoms with Crippen molar-refractivity contribution >= 4 is 46.5 Å². The molecule has 0 spiro atoms. The minimum Gasteiger partial charge on any atom is -0.165 e. The summed E-state index contributed by atoms with van der Waals surface area (Å²) in [5.41, 5.74) is 5.38. The monoisotopic (exact) mass is 603 g/mol. The second-order valence-corrected chi connectivity index (χ2v) is 8.36. The molecule has 2 aliphatic rings. The van der Waals surface area contributed by atoms with Crippen molar-refractivity contribution in [2.45, 2.75) is 16.7 Å². The summed E-state index contributed by atoms with van der Waals surface area (Å²) in [6.45, 7) is 2.11. The van der Waals surface area contributed by atoms with Crippen molar-refractivity contribution in [1.29, 1.82) is 0 Å². The van der Waals surface area contributed by atoms with Crippen molar-refractivity contribution in [3.63, 3.8) is 0 Å². The topological polar surface area (TPSA) is 12.0 Å². The van der Waals surface area contributed by atoms with Gasteiger partial charge in [-0.3, -0.25) is 0 Å². The normalized spacial score (nSPS) is 13.8. The molecule has 5 rings (SSSR count). The maximum Gasteiger partial charge on any atom is 2.00 e. The van der Waals surface area contributed by atoms with E-state index < -0.39 is 0 Å². The van der Waals surface area contributed by atoms with E-state index in [1.54, 1.807) is 11.8 Å². The van der Waals surface area contributed by atoms with Crippen LogP contribution >= 0.6 is 11.8 Å². The Morgan fingerprint density at radius 1 is 0.806 bits per heavy atom. The number of fused-ring (bicyclic) bond motifs is 1. The fraction of sp³-hybridized carbons (Fsp3) is 0.120. The van der Waals surface area contributed by atoms with Crippen LogP contribution in [0.5, 0.6) is 0 Å². The molecule has 31 heavy (non-hydrogen) atoms. The second kappa shape index (κ2) is 8.75. The van der Waals surface area contributed by atoms with Gasteiger partial charge in [0.1, 0.15) is 11.4 Å². The van der Waals surface area contributed by atoms with Crippen LogP contribution in [-0.4, -0.2) is 39.8 Å². The molecule has 0 saturated carbocycles. The molecule has 0 unspecified atom stereocenters. The Morgan fingerprint density at radius 2 is 1.58 bits per heavy atom. The minimum absolute atomic E-state index is 0. The Morgan fingerprint density at radius 3 is 2.35 bits per heavy atom. The fourth-order valence-electron chi connectivity index (χ4n) is 3.51. The summed E-state index contributed by atoms with van der Waals surface area (Å²) in [5, 5.41) is 0. The quantitative estimate of drug-likeness (QED) is 0.303. The number of benzene rings is 3. The molecule has 0 atom stereocenters. The standard InChI is InChI=1S/C25H20N4S.Pt/c1-19-13-21(29-18-27(3)24-9-4-5-10-25(24)29)16-23(14-19)30-22-8-6-7-20(15-22)28-12-11-26(2)17-28;/h4-14H,1-3H3;/q2*+2. The van der Waals surface area contributed by atoms with Crippen LogP contribution in [0.15, 0.2) is 76.8 Å². The number of hydrogen-bond donors (Lipinski definition) is 0. The van der Waals surface area contributed by atoms with Crippen LogP contribution in [0.25, 0.3) is 0 Å².